The molecule has 1 aliphatic heterocycles. The highest BCUT2D eigenvalue weighted by atomic mass is 32.1. The van der Waals surface area contributed by atoms with Gasteiger partial charge < -0.3 is 10.1 Å². The average molecular weight is 411 g/mol. The molecule has 0 spiro atoms. The van der Waals surface area contributed by atoms with Crippen LogP contribution in [-0.2, 0) is 19.6 Å². The highest BCUT2D eigenvalue weighted by Crippen LogP contribution is 2.26. The molecule has 0 saturated heterocycles. The molecule has 1 aromatic heterocycles. The van der Waals surface area contributed by atoms with Crippen LogP contribution in [-0.4, -0.2) is 24.0 Å². The van der Waals surface area contributed by atoms with Gasteiger partial charge >= 0.3 is 0 Å². The van der Waals surface area contributed by atoms with Crippen molar-refractivity contribution in [3.8, 4) is 5.75 Å². The van der Waals surface area contributed by atoms with Gasteiger partial charge in [-0.15, -0.1) is 11.3 Å². The monoisotopic (exact) mass is 410 g/mol. The molecule has 1 N–H and O–H groups in total. The van der Waals surface area contributed by atoms with E-state index in [2.05, 4.69) is 29.3 Å². The summed E-state index contributed by atoms with van der Waals surface area (Å²) in [6.45, 7) is 5.31. The number of fused-ring (bicyclic) bond motifs is 1. The molecule has 1 aliphatic rings. The van der Waals surface area contributed by atoms with Gasteiger partial charge in [-0.2, -0.15) is 0 Å². The normalized spacial score (nSPS) is 14.0. The van der Waals surface area contributed by atoms with Gasteiger partial charge in [-0.3, -0.25) is 9.69 Å². The number of rotatable bonds is 5. The van der Waals surface area contributed by atoms with Crippen LogP contribution in [0.1, 0.15) is 31.2 Å². The van der Waals surface area contributed by atoms with E-state index in [0.717, 1.165) is 30.9 Å². The molecular formula is C23H23FN2O2S. The molecule has 4 nitrogen and oxygen atoms in total. The van der Waals surface area contributed by atoms with Gasteiger partial charge in [0.05, 0.1) is 0 Å². The lowest BCUT2D eigenvalue weighted by atomic mass is 10.1. The second-order valence-electron chi connectivity index (χ2n) is 7.17. The SMILES string of the molecule is Cc1ccc(CN2CCOc3ccc(C(=O)NCc4ccccc4F)cc3C2)s1. The van der Waals surface area contributed by atoms with Crippen molar-refractivity contribution < 1.29 is 13.9 Å². The van der Waals surface area contributed by atoms with Gasteiger partial charge in [-0.1, -0.05) is 18.2 Å². The smallest absolute Gasteiger partial charge is 0.251 e. The van der Waals surface area contributed by atoms with Crippen LogP contribution in [0.4, 0.5) is 4.39 Å². The molecule has 6 heteroatoms. The molecule has 150 valence electrons. The van der Waals surface area contributed by atoms with Crippen LogP contribution in [0.3, 0.4) is 0 Å². The second-order valence-corrected chi connectivity index (χ2v) is 8.54. The van der Waals surface area contributed by atoms with E-state index < -0.39 is 0 Å². The molecule has 0 atom stereocenters. The molecule has 4 rings (SSSR count). The fraction of sp³-hybridized carbons (Fsp3) is 0.261. The van der Waals surface area contributed by atoms with E-state index in [4.69, 9.17) is 4.74 Å². The zero-order chi connectivity index (χ0) is 20.2. The number of aryl methyl sites for hydroxylation is 1. The van der Waals surface area contributed by atoms with Gasteiger partial charge in [0.2, 0.25) is 0 Å². The van der Waals surface area contributed by atoms with E-state index in [1.54, 1.807) is 35.6 Å². The van der Waals surface area contributed by atoms with Crippen molar-refractivity contribution in [2.24, 2.45) is 0 Å². The highest BCUT2D eigenvalue weighted by molar-refractivity contribution is 7.11. The Hall–Kier alpha value is -2.70. The number of ether oxygens (including phenoxy) is 1. The molecule has 0 saturated carbocycles. The molecule has 0 fully saturated rings. The molecule has 1 amide bonds. The Balaban J connectivity index is 1.45. The number of carbonyl (C=O) groups is 1. The maximum absolute atomic E-state index is 13.8. The maximum atomic E-state index is 13.8. The number of halogens is 1. The van der Waals surface area contributed by atoms with Crippen molar-refractivity contribution >= 4 is 17.2 Å². The maximum Gasteiger partial charge on any atom is 0.251 e. The minimum absolute atomic E-state index is 0.156. The molecule has 2 heterocycles. The topological polar surface area (TPSA) is 41.6 Å². The van der Waals surface area contributed by atoms with Crippen molar-refractivity contribution in [3.63, 3.8) is 0 Å². The summed E-state index contributed by atoms with van der Waals surface area (Å²) in [7, 11) is 0. The van der Waals surface area contributed by atoms with Gasteiger partial charge in [-0.25, -0.2) is 4.39 Å². The Bertz CT molecular complexity index is 1020. The quantitative estimate of drug-likeness (QED) is 0.672. The minimum Gasteiger partial charge on any atom is -0.492 e. The Morgan fingerprint density at radius 2 is 2.07 bits per heavy atom. The number of benzene rings is 2. The summed E-state index contributed by atoms with van der Waals surface area (Å²) < 4.78 is 19.6. The molecular weight excluding hydrogens is 387 g/mol. The third-order valence-corrected chi connectivity index (χ3v) is 5.94. The zero-order valence-corrected chi connectivity index (χ0v) is 17.1. The zero-order valence-electron chi connectivity index (χ0n) is 16.3. The Morgan fingerprint density at radius 3 is 2.86 bits per heavy atom. The molecule has 29 heavy (non-hydrogen) atoms. The van der Waals surface area contributed by atoms with E-state index in [9.17, 15) is 9.18 Å². The Labute approximate surface area is 173 Å². The van der Waals surface area contributed by atoms with Gasteiger partial charge in [0.15, 0.2) is 0 Å². The number of carbonyl (C=O) groups excluding carboxylic acids is 1. The van der Waals surface area contributed by atoms with Crippen molar-refractivity contribution in [2.75, 3.05) is 13.2 Å². The van der Waals surface area contributed by atoms with Gasteiger partial charge in [0.25, 0.3) is 5.91 Å². The van der Waals surface area contributed by atoms with E-state index in [1.165, 1.54) is 15.8 Å². The first-order valence-electron chi connectivity index (χ1n) is 9.63. The lowest BCUT2D eigenvalue weighted by molar-refractivity contribution is 0.0950. The van der Waals surface area contributed by atoms with Crippen molar-refractivity contribution in [2.45, 2.75) is 26.6 Å². The fourth-order valence-electron chi connectivity index (χ4n) is 3.43. The third kappa shape index (κ3) is 4.83. The second kappa shape index (κ2) is 8.76. The van der Waals surface area contributed by atoms with Crippen LogP contribution in [0, 0.1) is 12.7 Å². The van der Waals surface area contributed by atoms with Gasteiger partial charge in [0, 0.05) is 52.6 Å². The van der Waals surface area contributed by atoms with Crippen molar-refractivity contribution in [3.05, 3.63) is 86.9 Å². The minimum atomic E-state index is -0.317. The van der Waals surface area contributed by atoms with E-state index in [1.807, 2.05) is 12.1 Å². The van der Waals surface area contributed by atoms with Crippen LogP contribution in [0.25, 0.3) is 0 Å². The van der Waals surface area contributed by atoms with Crippen LogP contribution in [0.15, 0.2) is 54.6 Å². The molecule has 2 aromatic carbocycles. The van der Waals surface area contributed by atoms with E-state index in [-0.39, 0.29) is 18.3 Å². The summed E-state index contributed by atoms with van der Waals surface area (Å²) in [6, 6.07) is 16.3. The molecule has 0 unspecified atom stereocenters. The van der Waals surface area contributed by atoms with Crippen LogP contribution in [0.5, 0.6) is 5.75 Å². The number of nitrogens with zero attached hydrogens (tertiary/aromatic N) is 1. The number of thiophene rings is 1. The molecule has 0 bridgehead atoms. The summed E-state index contributed by atoms with van der Waals surface area (Å²) in [5.41, 5.74) is 2.02. The first-order chi connectivity index (χ1) is 14.1. The third-order valence-electron chi connectivity index (χ3n) is 4.95. The summed E-state index contributed by atoms with van der Waals surface area (Å²) in [5, 5.41) is 2.80. The van der Waals surface area contributed by atoms with Crippen LogP contribution >= 0.6 is 11.3 Å². The standard InChI is InChI=1S/C23H23FN2O2S/c1-16-6-8-20(29-16)15-26-10-11-28-22-9-7-17(12-19(22)14-26)23(27)25-13-18-4-2-3-5-21(18)24/h2-9,12H,10-11,13-15H2,1H3,(H,25,27). The number of hydrogen-bond acceptors (Lipinski definition) is 4. The van der Waals surface area contributed by atoms with Crippen LogP contribution in [0.2, 0.25) is 0 Å². The fourth-order valence-corrected chi connectivity index (χ4v) is 4.37. The number of nitrogens with one attached hydrogen (secondary N) is 1. The number of hydrogen-bond donors (Lipinski definition) is 1. The van der Waals surface area contributed by atoms with Crippen LogP contribution < -0.4 is 10.1 Å². The van der Waals surface area contributed by atoms with E-state index >= 15 is 0 Å². The lowest BCUT2D eigenvalue weighted by Crippen LogP contribution is -2.25. The summed E-state index contributed by atoms with van der Waals surface area (Å²) in [6.07, 6.45) is 0. The predicted octanol–water partition coefficient (Wildman–Crippen LogP) is 4.52. The number of amides is 1. The molecule has 0 radical (unpaired) electrons. The first-order valence-corrected chi connectivity index (χ1v) is 10.4. The van der Waals surface area contributed by atoms with Gasteiger partial charge in [-0.05, 0) is 43.3 Å². The Kier molecular flexibility index (Phi) is 5.92. The first kappa shape index (κ1) is 19.6. The summed E-state index contributed by atoms with van der Waals surface area (Å²) in [5.74, 6) is 0.281. The predicted molar refractivity (Wildman–Crippen MR) is 113 cm³/mol. The summed E-state index contributed by atoms with van der Waals surface area (Å²) in [4.78, 5) is 17.6. The lowest BCUT2D eigenvalue weighted by Gasteiger charge is -2.18. The highest BCUT2D eigenvalue weighted by Gasteiger charge is 2.18. The largest absolute Gasteiger partial charge is 0.492 e. The summed E-state index contributed by atoms with van der Waals surface area (Å²) >= 11 is 1.81. The van der Waals surface area contributed by atoms with Gasteiger partial charge in [0.1, 0.15) is 18.2 Å². The van der Waals surface area contributed by atoms with E-state index in [0.29, 0.717) is 17.7 Å². The van der Waals surface area contributed by atoms with Crippen molar-refractivity contribution in [1.82, 2.24) is 10.2 Å². The molecule has 0 aliphatic carbocycles. The molecule has 3 aromatic rings. The Morgan fingerprint density at radius 1 is 1.21 bits per heavy atom. The average Bonchev–Trinajstić information content (AvgIpc) is 3.01. The van der Waals surface area contributed by atoms with Crippen molar-refractivity contribution in [1.29, 1.82) is 0 Å².